The highest BCUT2D eigenvalue weighted by molar-refractivity contribution is 9.10. The highest BCUT2D eigenvalue weighted by Gasteiger charge is 1.99. The first-order valence-corrected chi connectivity index (χ1v) is 5.12. The Balaban J connectivity index is 2.78. The SMILES string of the molecule is C/C=C/C(=O)Nc1ccc(Br)c(C)c1. The second-order valence-electron chi connectivity index (χ2n) is 2.95. The highest BCUT2D eigenvalue weighted by atomic mass is 79.9. The van der Waals surface area contributed by atoms with Crippen molar-refractivity contribution in [3.05, 3.63) is 40.4 Å². The van der Waals surface area contributed by atoms with E-state index in [1.807, 2.05) is 32.0 Å². The molecule has 0 radical (unpaired) electrons. The maximum Gasteiger partial charge on any atom is 0.248 e. The number of rotatable bonds is 2. The molecule has 0 bridgehead atoms. The summed E-state index contributed by atoms with van der Waals surface area (Å²) in [5, 5.41) is 2.76. The highest BCUT2D eigenvalue weighted by Crippen LogP contribution is 2.19. The van der Waals surface area contributed by atoms with Gasteiger partial charge in [0.2, 0.25) is 5.91 Å². The number of hydrogen-bond donors (Lipinski definition) is 1. The summed E-state index contributed by atoms with van der Waals surface area (Å²) in [5.74, 6) is -0.103. The molecule has 0 saturated heterocycles. The summed E-state index contributed by atoms with van der Waals surface area (Å²) in [7, 11) is 0. The van der Waals surface area contributed by atoms with Crippen LogP contribution in [0.2, 0.25) is 0 Å². The maximum absolute atomic E-state index is 11.2. The van der Waals surface area contributed by atoms with Gasteiger partial charge in [-0.3, -0.25) is 4.79 Å². The van der Waals surface area contributed by atoms with Gasteiger partial charge in [0, 0.05) is 10.2 Å². The van der Waals surface area contributed by atoms with Crippen LogP contribution in [-0.4, -0.2) is 5.91 Å². The summed E-state index contributed by atoms with van der Waals surface area (Å²) < 4.78 is 1.04. The topological polar surface area (TPSA) is 29.1 Å². The van der Waals surface area contributed by atoms with Crippen LogP contribution in [0, 0.1) is 6.92 Å². The smallest absolute Gasteiger partial charge is 0.248 e. The average Bonchev–Trinajstić information content (AvgIpc) is 2.12. The van der Waals surface area contributed by atoms with Gasteiger partial charge in [-0.1, -0.05) is 22.0 Å². The minimum absolute atomic E-state index is 0.103. The molecule has 74 valence electrons. The van der Waals surface area contributed by atoms with E-state index in [1.54, 1.807) is 6.08 Å². The van der Waals surface area contributed by atoms with E-state index in [-0.39, 0.29) is 5.91 Å². The third kappa shape index (κ3) is 3.00. The molecule has 1 amide bonds. The van der Waals surface area contributed by atoms with Crippen molar-refractivity contribution in [2.75, 3.05) is 5.32 Å². The molecule has 0 aliphatic rings. The van der Waals surface area contributed by atoms with Crippen molar-refractivity contribution in [3.63, 3.8) is 0 Å². The summed E-state index contributed by atoms with van der Waals surface area (Å²) in [6, 6.07) is 5.70. The van der Waals surface area contributed by atoms with E-state index in [9.17, 15) is 4.79 Å². The van der Waals surface area contributed by atoms with E-state index in [0.717, 1.165) is 15.7 Å². The number of carbonyl (C=O) groups is 1. The van der Waals surface area contributed by atoms with E-state index in [0.29, 0.717) is 0 Å². The molecular formula is C11H12BrNO. The largest absolute Gasteiger partial charge is 0.323 e. The van der Waals surface area contributed by atoms with E-state index < -0.39 is 0 Å². The number of halogens is 1. The normalized spacial score (nSPS) is 10.5. The number of carbonyl (C=O) groups excluding carboxylic acids is 1. The molecule has 1 rings (SSSR count). The molecule has 0 aromatic heterocycles. The zero-order chi connectivity index (χ0) is 10.6. The fourth-order valence-corrected chi connectivity index (χ4v) is 1.30. The number of benzene rings is 1. The standard InChI is InChI=1S/C11H12BrNO/c1-3-4-11(14)13-9-5-6-10(12)8(2)7-9/h3-7H,1-2H3,(H,13,14)/b4-3+. The molecule has 1 N–H and O–H groups in total. The van der Waals surface area contributed by atoms with Gasteiger partial charge < -0.3 is 5.32 Å². The van der Waals surface area contributed by atoms with Gasteiger partial charge in [0.25, 0.3) is 0 Å². The molecule has 3 heteroatoms. The van der Waals surface area contributed by atoms with Gasteiger partial charge in [-0.05, 0) is 43.7 Å². The second kappa shape index (κ2) is 4.96. The molecule has 0 aliphatic heterocycles. The van der Waals surface area contributed by atoms with Crippen molar-refractivity contribution in [2.45, 2.75) is 13.8 Å². The number of hydrogen-bond acceptors (Lipinski definition) is 1. The predicted octanol–water partition coefficient (Wildman–Crippen LogP) is 3.27. The Morgan fingerprint density at radius 3 is 2.79 bits per heavy atom. The van der Waals surface area contributed by atoms with Crippen LogP contribution in [0.5, 0.6) is 0 Å². The summed E-state index contributed by atoms with van der Waals surface area (Å²) in [6.07, 6.45) is 3.21. The van der Waals surface area contributed by atoms with Crippen molar-refractivity contribution in [2.24, 2.45) is 0 Å². The monoisotopic (exact) mass is 253 g/mol. The molecule has 0 spiro atoms. The zero-order valence-electron chi connectivity index (χ0n) is 8.17. The molecule has 1 aromatic carbocycles. The van der Waals surface area contributed by atoms with Gasteiger partial charge in [-0.25, -0.2) is 0 Å². The molecule has 0 unspecified atom stereocenters. The van der Waals surface area contributed by atoms with Gasteiger partial charge in [-0.15, -0.1) is 0 Å². The number of nitrogens with one attached hydrogen (secondary N) is 1. The Kier molecular flexibility index (Phi) is 3.89. The Morgan fingerprint density at radius 1 is 1.50 bits per heavy atom. The van der Waals surface area contributed by atoms with Crippen molar-refractivity contribution < 1.29 is 4.79 Å². The third-order valence-electron chi connectivity index (χ3n) is 1.74. The van der Waals surface area contributed by atoms with E-state index in [2.05, 4.69) is 21.2 Å². The lowest BCUT2D eigenvalue weighted by Gasteiger charge is -2.04. The molecule has 0 aliphatic carbocycles. The predicted molar refractivity (Wildman–Crippen MR) is 62.3 cm³/mol. The number of allylic oxidation sites excluding steroid dienone is 1. The summed E-state index contributed by atoms with van der Waals surface area (Å²) in [5.41, 5.74) is 1.91. The van der Waals surface area contributed by atoms with Gasteiger partial charge in [0.05, 0.1) is 0 Å². The maximum atomic E-state index is 11.2. The Hall–Kier alpha value is -1.09. The van der Waals surface area contributed by atoms with Crippen molar-refractivity contribution in [1.82, 2.24) is 0 Å². The van der Waals surface area contributed by atoms with E-state index in [1.165, 1.54) is 6.08 Å². The number of amides is 1. The zero-order valence-corrected chi connectivity index (χ0v) is 9.76. The molecule has 0 saturated carbocycles. The van der Waals surface area contributed by atoms with Crippen LogP contribution >= 0.6 is 15.9 Å². The van der Waals surface area contributed by atoms with Gasteiger partial charge in [0.1, 0.15) is 0 Å². The average molecular weight is 254 g/mol. The lowest BCUT2D eigenvalue weighted by atomic mass is 10.2. The number of aryl methyl sites for hydroxylation is 1. The van der Waals surface area contributed by atoms with Gasteiger partial charge >= 0.3 is 0 Å². The Labute approximate surface area is 92.1 Å². The van der Waals surface area contributed by atoms with Crippen LogP contribution in [0.1, 0.15) is 12.5 Å². The van der Waals surface area contributed by atoms with Gasteiger partial charge in [-0.2, -0.15) is 0 Å². The van der Waals surface area contributed by atoms with Crippen LogP contribution in [0.3, 0.4) is 0 Å². The summed E-state index contributed by atoms with van der Waals surface area (Å²) >= 11 is 3.40. The molecule has 2 nitrogen and oxygen atoms in total. The molecular weight excluding hydrogens is 242 g/mol. The quantitative estimate of drug-likeness (QED) is 0.806. The lowest BCUT2D eigenvalue weighted by Crippen LogP contribution is -2.07. The van der Waals surface area contributed by atoms with Gasteiger partial charge in [0.15, 0.2) is 0 Å². The third-order valence-corrected chi connectivity index (χ3v) is 2.63. The molecule has 1 aromatic rings. The van der Waals surface area contributed by atoms with E-state index in [4.69, 9.17) is 0 Å². The van der Waals surface area contributed by atoms with Crippen molar-refractivity contribution >= 4 is 27.5 Å². The first-order valence-electron chi connectivity index (χ1n) is 4.33. The fraction of sp³-hybridized carbons (Fsp3) is 0.182. The van der Waals surface area contributed by atoms with Crippen molar-refractivity contribution in [1.29, 1.82) is 0 Å². The fourth-order valence-electron chi connectivity index (χ4n) is 1.06. The first-order chi connectivity index (χ1) is 6.63. The Morgan fingerprint density at radius 2 is 2.21 bits per heavy atom. The first kappa shape index (κ1) is 11.0. The second-order valence-corrected chi connectivity index (χ2v) is 3.81. The minimum atomic E-state index is -0.103. The number of anilines is 1. The lowest BCUT2D eigenvalue weighted by molar-refractivity contribution is -0.111. The van der Waals surface area contributed by atoms with Crippen molar-refractivity contribution in [3.8, 4) is 0 Å². The summed E-state index contributed by atoms with van der Waals surface area (Å²) in [6.45, 7) is 3.79. The molecule has 0 atom stereocenters. The van der Waals surface area contributed by atoms with Crippen LogP contribution < -0.4 is 5.32 Å². The molecule has 14 heavy (non-hydrogen) atoms. The van der Waals surface area contributed by atoms with E-state index >= 15 is 0 Å². The van der Waals surface area contributed by atoms with Crippen LogP contribution in [0.25, 0.3) is 0 Å². The van der Waals surface area contributed by atoms with Crippen LogP contribution in [0.15, 0.2) is 34.8 Å². The molecule has 0 fully saturated rings. The van der Waals surface area contributed by atoms with Crippen LogP contribution in [-0.2, 0) is 4.79 Å². The summed E-state index contributed by atoms with van der Waals surface area (Å²) in [4.78, 5) is 11.2. The molecule has 0 heterocycles. The minimum Gasteiger partial charge on any atom is -0.323 e. The Bertz CT molecular complexity index is 372. The van der Waals surface area contributed by atoms with Crippen LogP contribution in [0.4, 0.5) is 5.69 Å².